The first kappa shape index (κ1) is 11.2. The number of aromatic nitrogens is 4. The maximum Gasteiger partial charge on any atom is 0.150 e. The van der Waals surface area contributed by atoms with Crippen molar-refractivity contribution in [2.45, 2.75) is 39.8 Å². The standard InChI is InChI=1S/C13H17N5/c1-9(2)18-13(10(3)8-15-18)11-7-12-14-5-4-6-17(12)16-11/h5,7-9H,4,6H2,1-3H3. The van der Waals surface area contributed by atoms with Crippen molar-refractivity contribution in [2.75, 3.05) is 0 Å². The zero-order valence-corrected chi connectivity index (χ0v) is 11.0. The van der Waals surface area contributed by atoms with Crippen molar-refractivity contribution in [1.29, 1.82) is 0 Å². The fraction of sp³-hybridized carbons (Fsp3) is 0.462. The van der Waals surface area contributed by atoms with Crippen LogP contribution in [0, 0.1) is 6.92 Å². The van der Waals surface area contributed by atoms with E-state index < -0.39 is 0 Å². The first-order valence-electron chi connectivity index (χ1n) is 6.31. The summed E-state index contributed by atoms with van der Waals surface area (Å²) in [5, 5.41) is 9.07. The molecule has 1 aliphatic heterocycles. The summed E-state index contributed by atoms with van der Waals surface area (Å²) >= 11 is 0. The van der Waals surface area contributed by atoms with Crippen LogP contribution in [0.4, 0.5) is 5.82 Å². The Morgan fingerprint density at radius 1 is 1.33 bits per heavy atom. The number of aryl methyl sites for hydroxylation is 2. The van der Waals surface area contributed by atoms with Gasteiger partial charge in [0.25, 0.3) is 0 Å². The van der Waals surface area contributed by atoms with Crippen LogP contribution in [0.15, 0.2) is 17.3 Å². The predicted octanol–water partition coefficient (Wildman–Crippen LogP) is 2.74. The number of nitrogens with zero attached hydrogens (tertiary/aromatic N) is 5. The van der Waals surface area contributed by atoms with Gasteiger partial charge in [0, 0.05) is 31.3 Å². The Labute approximate surface area is 106 Å². The summed E-state index contributed by atoms with van der Waals surface area (Å²) < 4.78 is 3.99. The van der Waals surface area contributed by atoms with E-state index in [0.717, 1.165) is 35.7 Å². The van der Waals surface area contributed by atoms with Crippen LogP contribution in [0.1, 0.15) is 31.9 Å². The maximum absolute atomic E-state index is 4.64. The number of aliphatic imine (C=N–C) groups is 1. The summed E-state index contributed by atoms with van der Waals surface area (Å²) in [6.07, 6.45) is 4.81. The molecule has 0 atom stereocenters. The zero-order chi connectivity index (χ0) is 12.7. The normalized spacial score (nSPS) is 14.2. The lowest BCUT2D eigenvalue weighted by atomic mass is 10.2. The molecule has 3 rings (SSSR count). The molecule has 2 aromatic heterocycles. The molecule has 18 heavy (non-hydrogen) atoms. The number of hydrogen-bond acceptors (Lipinski definition) is 3. The van der Waals surface area contributed by atoms with Crippen LogP contribution in [-0.4, -0.2) is 25.8 Å². The topological polar surface area (TPSA) is 48.0 Å². The van der Waals surface area contributed by atoms with E-state index >= 15 is 0 Å². The Bertz CT molecular complexity index is 603. The van der Waals surface area contributed by atoms with Gasteiger partial charge >= 0.3 is 0 Å². The van der Waals surface area contributed by atoms with Crippen LogP contribution >= 0.6 is 0 Å². The van der Waals surface area contributed by atoms with Gasteiger partial charge in [-0.1, -0.05) is 0 Å². The van der Waals surface area contributed by atoms with Gasteiger partial charge in [-0.2, -0.15) is 10.2 Å². The molecule has 5 nitrogen and oxygen atoms in total. The van der Waals surface area contributed by atoms with Crippen LogP contribution in [-0.2, 0) is 6.54 Å². The third-order valence-corrected chi connectivity index (χ3v) is 3.16. The highest BCUT2D eigenvalue weighted by molar-refractivity contribution is 5.68. The van der Waals surface area contributed by atoms with E-state index in [2.05, 4.69) is 36.0 Å². The minimum absolute atomic E-state index is 0.330. The fourth-order valence-corrected chi connectivity index (χ4v) is 2.29. The molecule has 0 unspecified atom stereocenters. The second kappa shape index (κ2) is 4.08. The van der Waals surface area contributed by atoms with Gasteiger partial charge < -0.3 is 0 Å². The lowest BCUT2D eigenvalue weighted by Gasteiger charge is -2.09. The molecule has 94 valence electrons. The smallest absolute Gasteiger partial charge is 0.150 e. The Morgan fingerprint density at radius 2 is 2.17 bits per heavy atom. The molecule has 0 aromatic carbocycles. The van der Waals surface area contributed by atoms with Crippen molar-refractivity contribution in [2.24, 2.45) is 4.99 Å². The second-order valence-corrected chi connectivity index (χ2v) is 4.93. The Kier molecular flexibility index (Phi) is 2.54. The Balaban J connectivity index is 2.12. The highest BCUT2D eigenvalue weighted by Gasteiger charge is 2.17. The monoisotopic (exact) mass is 243 g/mol. The SMILES string of the molecule is Cc1cnn(C(C)C)c1-c1cc2n(n1)CCC=N2. The third-order valence-electron chi connectivity index (χ3n) is 3.16. The summed E-state index contributed by atoms with van der Waals surface area (Å²) in [7, 11) is 0. The summed E-state index contributed by atoms with van der Waals surface area (Å²) in [6, 6.07) is 2.37. The molecule has 3 heterocycles. The largest absolute Gasteiger partial charge is 0.260 e. The van der Waals surface area contributed by atoms with Crippen LogP contribution in [0.3, 0.4) is 0 Å². The van der Waals surface area contributed by atoms with E-state index in [9.17, 15) is 0 Å². The van der Waals surface area contributed by atoms with E-state index in [-0.39, 0.29) is 0 Å². The molecular formula is C13H17N5. The van der Waals surface area contributed by atoms with Gasteiger partial charge in [-0.3, -0.25) is 4.68 Å². The van der Waals surface area contributed by atoms with Crippen LogP contribution in [0.2, 0.25) is 0 Å². The Morgan fingerprint density at radius 3 is 2.89 bits per heavy atom. The van der Waals surface area contributed by atoms with E-state index in [0.29, 0.717) is 6.04 Å². The van der Waals surface area contributed by atoms with Crippen LogP contribution < -0.4 is 0 Å². The van der Waals surface area contributed by atoms with Gasteiger partial charge in [-0.25, -0.2) is 9.67 Å². The van der Waals surface area contributed by atoms with E-state index in [1.54, 1.807) is 0 Å². The van der Waals surface area contributed by atoms with Gasteiger partial charge in [0.15, 0.2) is 5.82 Å². The molecule has 0 aliphatic carbocycles. The van der Waals surface area contributed by atoms with Crippen molar-refractivity contribution >= 4 is 12.0 Å². The number of hydrogen-bond donors (Lipinski definition) is 0. The van der Waals surface area contributed by atoms with Crippen molar-refractivity contribution in [1.82, 2.24) is 19.6 Å². The van der Waals surface area contributed by atoms with E-state index in [1.807, 2.05) is 27.8 Å². The van der Waals surface area contributed by atoms with Gasteiger partial charge in [0.2, 0.25) is 0 Å². The van der Waals surface area contributed by atoms with E-state index in [1.165, 1.54) is 0 Å². The molecule has 0 amide bonds. The second-order valence-electron chi connectivity index (χ2n) is 4.93. The molecule has 0 saturated heterocycles. The maximum atomic E-state index is 4.64. The average Bonchev–Trinajstić information content (AvgIpc) is 2.91. The minimum Gasteiger partial charge on any atom is -0.260 e. The number of rotatable bonds is 2. The van der Waals surface area contributed by atoms with Gasteiger partial charge in [-0.05, 0) is 26.3 Å². The zero-order valence-electron chi connectivity index (χ0n) is 11.0. The van der Waals surface area contributed by atoms with Crippen molar-refractivity contribution in [3.05, 3.63) is 17.8 Å². The molecule has 2 aromatic rings. The summed E-state index contributed by atoms with van der Waals surface area (Å²) in [5.74, 6) is 0.937. The molecular weight excluding hydrogens is 226 g/mol. The summed E-state index contributed by atoms with van der Waals surface area (Å²) in [6.45, 7) is 7.24. The fourth-order valence-electron chi connectivity index (χ4n) is 2.29. The van der Waals surface area contributed by atoms with E-state index in [4.69, 9.17) is 0 Å². The molecule has 5 heteroatoms. The summed E-state index contributed by atoms with van der Waals surface area (Å²) in [4.78, 5) is 4.37. The quantitative estimate of drug-likeness (QED) is 0.814. The lowest BCUT2D eigenvalue weighted by Crippen LogP contribution is -2.07. The van der Waals surface area contributed by atoms with Crippen LogP contribution in [0.5, 0.6) is 0 Å². The minimum atomic E-state index is 0.330. The number of fused-ring (bicyclic) bond motifs is 1. The molecule has 0 radical (unpaired) electrons. The Hall–Kier alpha value is -1.91. The first-order chi connectivity index (χ1) is 8.66. The highest BCUT2D eigenvalue weighted by atomic mass is 15.3. The average molecular weight is 243 g/mol. The van der Waals surface area contributed by atoms with Gasteiger partial charge in [-0.15, -0.1) is 0 Å². The van der Waals surface area contributed by atoms with Crippen molar-refractivity contribution in [3.8, 4) is 11.4 Å². The molecule has 0 fully saturated rings. The van der Waals surface area contributed by atoms with Gasteiger partial charge in [0.1, 0.15) is 5.69 Å². The molecule has 0 spiro atoms. The third kappa shape index (κ3) is 1.66. The molecule has 0 bridgehead atoms. The predicted molar refractivity (Wildman–Crippen MR) is 71.3 cm³/mol. The van der Waals surface area contributed by atoms with Crippen molar-refractivity contribution < 1.29 is 0 Å². The van der Waals surface area contributed by atoms with Gasteiger partial charge in [0.05, 0.1) is 11.9 Å². The highest BCUT2D eigenvalue weighted by Crippen LogP contribution is 2.29. The van der Waals surface area contributed by atoms with Crippen molar-refractivity contribution in [3.63, 3.8) is 0 Å². The van der Waals surface area contributed by atoms with Crippen LogP contribution in [0.25, 0.3) is 11.4 Å². The summed E-state index contributed by atoms with van der Waals surface area (Å²) in [5.41, 5.74) is 3.22. The first-order valence-corrected chi connectivity index (χ1v) is 6.31. The molecule has 1 aliphatic rings. The lowest BCUT2D eigenvalue weighted by molar-refractivity contribution is 0.536. The molecule has 0 N–H and O–H groups in total. The molecule has 0 saturated carbocycles.